The van der Waals surface area contributed by atoms with Crippen LogP contribution in [0.4, 0.5) is 11.9 Å². The van der Waals surface area contributed by atoms with Gasteiger partial charge in [0.1, 0.15) is 0 Å². The summed E-state index contributed by atoms with van der Waals surface area (Å²) < 4.78 is 1.66. The van der Waals surface area contributed by atoms with Gasteiger partial charge in [0.05, 0.1) is 5.69 Å². The number of aromatic nitrogens is 3. The lowest BCUT2D eigenvalue weighted by molar-refractivity contribution is 0.872. The summed E-state index contributed by atoms with van der Waals surface area (Å²) in [5.74, 6) is 1.01. The van der Waals surface area contributed by atoms with Crippen LogP contribution in [0.1, 0.15) is 11.1 Å². The van der Waals surface area contributed by atoms with Crippen LogP contribution in [0.3, 0.4) is 0 Å². The minimum atomic E-state index is 0.402. The molecule has 0 aliphatic rings. The molecule has 0 saturated heterocycles. The molecule has 0 bridgehead atoms. The first-order valence-electron chi connectivity index (χ1n) is 5.46. The van der Waals surface area contributed by atoms with Crippen LogP contribution in [0.25, 0.3) is 5.69 Å². The van der Waals surface area contributed by atoms with Crippen LogP contribution in [0, 0.1) is 13.8 Å². The SMILES string of the molecule is Cc1cc(C)cc(-n2nc(N(C)C)nc2N)c1. The number of rotatable bonds is 2. The van der Waals surface area contributed by atoms with Gasteiger partial charge in [-0.3, -0.25) is 0 Å². The number of nitrogens with two attached hydrogens (primary N) is 1. The van der Waals surface area contributed by atoms with Crippen molar-refractivity contribution in [1.82, 2.24) is 14.8 Å². The Morgan fingerprint density at radius 2 is 1.71 bits per heavy atom. The molecule has 2 N–H and O–H groups in total. The summed E-state index contributed by atoms with van der Waals surface area (Å²) in [6.07, 6.45) is 0. The molecule has 17 heavy (non-hydrogen) atoms. The van der Waals surface area contributed by atoms with Gasteiger partial charge in [-0.15, -0.1) is 5.10 Å². The molecule has 0 aliphatic heterocycles. The largest absolute Gasteiger partial charge is 0.368 e. The molecule has 0 aliphatic carbocycles. The number of hydrogen-bond donors (Lipinski definition) is 1. The second kappa shape index (κ2) is 4.08. The smallest absolute Gasteiger partial charge is 0.246 e. The van der Waals surface area contributed by atoms with Crippen molar-refractivity contribution in [2.75, 3.05) is 24.7 Å². The second-order valence-electron chi connectivity index (χ2n) is 4.42. The van der Waals surface area contributed by atoms with Crippen LogP contribution in [0.5, 0.6) is 0 Å². The molecule has 5 heteroatoms. The van der Waals surface area contributed by atoms with E-state index in [1.807, 2.05) is 31.1 Å². The average molecular weight is 231 g/mol. The Kier molecular flexibility index (Phi) is 2.75. The summed E-state index contributed by atoms with van der Waals surface area (Å²) in [4.78, 5) is 6.03. The Hall–Kier alpha value is -2.04. The van der Waals surface area contributed by atoms with Gasteiger partial charge in [-0.1, -0.05) is 6.07 Å². The predicted molar refractivity (Wildman–Crippen MR) is 69.6 cm³/mol. The summed E-state index contributed by atoms with van der Waals surface area (Å²) in [5, 5.41) is 4.37. The summed E-state index contributed by atoms with van der Waals surface area (Å²) >= 11 is 0. The second-order valence-corrected chi connectivity index (χ2v) is 4.42. The first-order chi connectivity index (χ1) is 7.97. The number of anilines is 2. The molecule has 0 saturated carbocycles. The zero-order valence-electron chi connectivity index (χ0n) is 10.6. The van der Waals surface area contributed by atoms with Crippen LogP contribution < -0.4 is 10.6 Å². The average Bonchev–Trinajstić information content (AvgIpc) is 2.59. The number of hydrogen-bond acceptors (Lipinski definition) is 4. The van der Waals surface area contributed by atoms with Gasteiger partial charge in [0, 0.05) is 14.1 Å². The van der Waals surface area contributed by atoms with Gasteiger partial charge in [0.2, 0.25) is 11.9 Å². The maximum atomic E-state index is 5.87. The molecule has 0 unspecified atom stereocenters. The maximum absolute atomic E-state index is 5.87. The number of aryl methyl sites for hydroxylation is 2. The lowest BCUT2D eigenvalue weighted by Crippen LogP contribution is -2.11. The third kappa shape index (κ3) is 2.22. The third-order valence-corrected chi connectivity index (χ3v) is 2.47. The van der Waals surface area contributed by atoms with Crippen LogP contribution >= 0.6 is 0 Å². The standard InChI is InChI=1S/C12H17N5/c1-8-5-9(2)7-10(6-8)17-11(13)14-12(15-17)16(3)4/h5-7H,1-4H3,(H2,13,14,15). The quantitative estimate of drug-likeness (QED) is 0.851. The molecule has 2 aromatic rings. The van der Waals surface area contributed by atoms with E-state index < -0.39 is 0 Å². The fraction of sp³-hybridized carbons (Fsp3) is 0.333. The van der Waals surface area contributed by atoms with Crippen molar-refractivity contribution >= 4 is 11.9 Å². The topological polar surface area (TPSA) is 60.0 Å². The van der Waals surface area contributed by atoms with Gasteiger partial charge in [0.25, 0.3) is 0 Å². The van der Waals surface area contributed by atoms with E-state index in [0.29, 0.717) is 11.9 Å². The monoisotopic (exact) mass is 231 g/mol. The van der Waals surface area contributed by atoms with Crippen molar-refractivity contribution in [2.45, 2.75) is 13.8 Å². The van der Waals surface area contributed by atoms with Gasteiger partial charge in [0.15, 0.2) is 0 Å². The fourth-order valence-corrected chi connectivity index (χ4v) is 1.77. The van der Waals surface area contributed by atoms with Crippen LogP contribution in [0.15, 0.2) is 18.2 Å². The fourth-order valence-electron chi connectivity index (χ4n) is 1.77. The van der Waals surface area contributed by atoms with E-state index in [-0.39, 0.29) is 0 Å². The molecule has 0 amide bonds. The number of benzene rings is 1. The number of nitrogens with zero attached hydrogens (tertiary/aromatic N) is 4. The molecule has 2 rings (SSSR count). The van der Waals surface area contributed by atoms with E-state index in [1.54, 1.807) is 4.68 Å². The molecule has 0 spiro atoms. The molecule has 1 aromatic carbocycles. The molecular weight excluding hydrogens is 214 g/mol. The Morgan fingerprint density at radius 3 is 2.18 bits per heavy atom. The lowest BCUT2D eigenvalue weighted by atomic mass is 10.1. The minimum absolute atomic E-state index is 0.402. The van der Waals surface area contributed by atoms with E-state index in [1.165, 1.54) is 11.1 Å². The van der Waals surface area contributed by atoms with Crippen LogP contribution in [-0.4, -0.2) is 28.9 Å². The highest BCUT2D eigenvalue weighted by Gasteiger charge is 2.10. The van der Waals surface area contributed by atoms with E-state index >= 15 is 0 Å². The normalized spacial score (nSPS) is 10.6. The van der Waals surface area contributed by atoms with Gasteiger partial charge < -0.3 is 10.6 Å². The maximum Gasteiger partial charge on any atom is 0.246 e. The molecule has 0 radical (unpaired) electrons. The van der Waals surface area contributed by atoms with Gasteiger partial charge in [-0.2, -0.15) is 9.67 Å². The summed E-state index contributed by atoms with van der Waals surface area (Å²) in [6.45, 7) is 4.10. The van der Waals surface area contributed by atoms with Crippen molar-refractivity contribution < 1.29 is 0 Å². The molecule has 0 fully saturated rings. The van der Waals surface area contributed by atoms with Gasteiger partial charge in [-0.25, -0.2) is 0 Å². The Balaban J connectivity index is 2.52. The molecule has 90 valence electrons. The Bertz CT molecular complexity index is 522. The summed E-state index contributed by atoms with van der Waals surface area (Å²) in [7, 11) is 3.78. The molecule has 1 aromatic heterocycles. The predicted octanol–water partition coefficient (Wildman–Crippen LogP) is 1.53. The lowest BCUT2D eigenvalue weighted by Gasteiger charge is -2.06. The Labute approximate surface area is 101 Å². The van der Waals surface area contributed by atoms with E-state index in [4.69, 9.17) is 5.73 Å². The van der Waals surface area contributed by atoms with Crippen LogP contribution in [0.2, 0.25) is 0 Å². The molecule has 0 atom stereocenters. The van der Waals surface area contributed by atoms with E-state index in [9.17, 15) is 0 Å². The highest BCUT2D eigenvalue weighted by atomic mass is 15.4. The summed E-state index contributed by atoms with van der Waals surface area (Å²) in [6, 6.07) is 6.19. The van der Waals surface area contributed by atoms with Gasteiger partial charge in [-0.05, 0) is 37.1 Å². The first-order valence-corrected chi connectivity index (χ1v) is 5.46. The third-order valence-electron chi connectivity index (χ3n) is 2.47. The Morgan fingerprint density at radius 1 is 1.12 bits per heavy atom. The van der Waals surface area contributed by atoms with Crippen molar-refractivity contribution in [3.63, 3.8) is 0 Å². The molecule has 1 heterocycles. The van der Waals surface area contributed by atoms with E-state index in [0.717, 1.165) is 5.69 Å². The van der Waals surface area contributed by atoms with Crippen molar-refractivity contribution in [2.24, 2.45) is 0 Å². The molecule has 5 nitrogen and oxygen atoms in total. The highest BCUT2D eigenvalue weighted by Crippen LogP contribution is 2.17. The van der Waals surface area contributed by atoms with Crippen molar-refractivity contribution in [3.05, 3.63) is 29.3 Å². The highest BCUT2D eigenvalue weighted by molar-refractivity contribution is 5.45. The van der Waals surface area contributed by atoms with Crippen molar-refractivity contribution in [1.29, 1.82) is 0 Å². The van der Waals surface area contributed by atoms with Crippen molar-refractivity contribution in [3.8, 4) is 5.69 Å². The van der Waals surface area contributed by atoms with E-state index in [2.05, 4.69) is 30.0 Å². The first kappa shape index (κ1) is 11.4. The van der Waals surface area contributed by atoms with Crippen LogP contribution in [-0.2, 0) is 0 Å². The number of nitrogen functional groups attached to an aromatic ring is 1. The summed E-state index contributed by atoms with van der Waals surface area (Å²) in [5.41, 5.74) is 9.18. The zero-order chi connectivity index (χ0) is 12.6. The zero-order valence-corrected chi connectivity index (χ0v) is 10.6. The minimum Gasteiger partial charge on any atom is -0.368 e. The van der Waals surface area contributed by atoms with Gasteiger partial charge >= 0.3 is 0 Å². The molecular formula is C12H17N5.